The third-order valence-corrected chi connectivity index (χ3v) is 3.92. The quantitative estimate of drug-likeness (QED) is 0.927. The summed E-state index contributed by atoms with van der Waals surface area (Å²) in [5.41, 5.74) is 2.31. The lowest BCUT2D eigenvalue weighted by Gasteiger charge is -2.15. The van der Waals surface area contributed by atoms with E-state index in [2.05, 4.69) is 19.1 Å². The molecule has 104 valence electrons. The number of rotatable bonds is 3. The van der Waals surface area contributed by atoms with E-state index in [4.69, 9.17) is 9.47 Å². The number of benzene rings is 2. The molecule has 0 spiro atoms. The molecule has 20 heavy (non-hydrogen) atoms. The maximum atomic E-state index is 9.58. The normalized spacial score (nSPS) is 20.3. The first-order valence-electron chi connectivity index (χ1n) is 6.80. The predicted molar refractivity (Wildman–Crippen MR) is 77.6 cm³/mol. The van der Waals surface area contributed by atoms with Crippen LogP contribution in [0.4, 0.5) is 0 Å². The molecule has 0 aliphatic carbocycles. The number of hydrogen-bond acceptors (Lipinski definition) is 3. The average molecular weight is 270 g/mol. The molecule has 2 atom stereocenters. The minimum atomic E-state index is 0.111. The molecule has 3 nitrogen and oxygen atoms in total. The van der Waals surface area contributed by atoms with Gasteiger partial charge in [-0.2, -0.15) is 0 Å². The molecule has 1 heterocycles. The van der Waals surface area contributed by atoms with Crippen LogP contribution in [0.1, 0.15) is 24.0 Å². The Bertz CT molecular complexity index is 604. The third kappa shape index (κ3) is 2.31. The highest BCUT2D eigenvalue weighted by atomic mass is 16.5. The molecule has 0 bridgehead atoms. The van der Waals surface area contributed by atoms with Gasteiger partial charge in [-0.15, -0.1) is 0 Å². The number of methoxy groups -OCH3 is 1. The van der Waals surface area contributed by atoms with Gasteiger partial charge >= 0.3 is 0 Å². The highest BCUT2D eigenvalue weighted by molar-refractivity contribution is 5.45. The molecule has 0 saturated heterocycles. The fraction of sp³-hybridized carbons (Fsp3) is 0.294. The number of aromatic hydroxyl groups is 1. The zero-order chi connectivity index (χ0) is 14.1. The fourth-order valence-electron chi connectivity index (χ4n) is 2.68. The van der Waals surface area contributed by atoms with E-state index in [1.54, 1.807) is 19.2 Å². The predicted octanol–water partition coefficient (Wildman–Crippen LogP) is 3.51. The van der Waals surface area contributed by atoms with Gasteiger partial charge in [-0.3, -0.25) is 0 Å². The summed E-state index contributed by atoms with van der Waals surface area (Å²) in [7, 11) is 1.67. The summed E-state index contributed by atoms with van der Waals surface area (Å²) in [5.74, 6) is 2.32. The molecule has 1 aliphatic rings. The van der Waals surface area contributed by atoms with Crippen LogP contribution in [0.15, 0.2) is 42.5 Å². The van der Waals surface area contributed by atoms with Gasteiger partial charge in [-0.25, -0.2) is 0 Å². The zero-order valence-electron chi connectivity index (χ0n) is 11.7. The van der Waals surface area contributed by atoms with Crippen LogP contribution in [-0.4, -0.2) is 18.3 Å². The van der Waals surface area contributed by atoms with E-state index in [0.29, 0.717) is 5.75 Å². The van der Waals surface area contributed by atoms with Gasteiger partial charge in [-0.1, -0.05) is 19.1 Å². The maximum absolute atomic E-state index is 9.58. The smallest absolute Gasteiger partial charge is 0.123 e. The van der Waals surface area contributed by atoms with E-state index in [9.17, 15) is 5.11 Å². The van der Waals surface area contributed by atoms with Crippen LogP contribution in [0.3, 0.4) is 0 Å². The molecule has 3 rings (SSSR count). The van der Waals surface area contributed by atoms with E-state index in [1.807, 2.05) is 18.2 Å². The molecule has 0 saturated carbocycles. The summed E-state index contributed by atoms with van der Waals surface area (Å²) in [4.78, 5) is 0. The molecule has 2 aromatic carbocycles. The lowest BCUT2D eigenvalue weighted by atomic mass is 9.93. The van der Waals surface area contributed by atoms with Crippen molar-refractivity contribution >= 4 is 0 Å². The summed E-state index contributed by atoms with van der Waals surface area (Å²) in [5, 5.41) is 9.58. The van der Waals surface area contributed by atoms with E-state index in [0.717, 1.165) is 23.5 Å². The first kappa shape index (κ1) is 12.9. The van der Waals surface area contributed by atoms with Crippen LogP contribution in [0.2, 0.25) is 0 Å². The summed E-state index contributed by atoms with van der Waals surface area (Å²) in [6.45, 7) is 2.14. The molecule has 1 N–H and O–H groups in total. The van der Waals surface area contributed by atoms with Crippen LogP contribution < -0.4 is 9.47 Å². The van der Waals surface area contributed by atoms with Gasteiger partial charge in [0.1, 0.15) is 23.4 Å². The van der Waals surface area contributed by atoms with Crippen LogP contribution >= 0.6 is 0 Å². The van der Waals surface area contributed by atoms with Crippen LogP contribution in [0, 0.1) is 0 Å². The molecule has 2 aromatic rings. The number of phenolic OH excluding ortho intramolecular Hbond substituents is 1. The second-order valence-electron chi connectivity index (χ2n) is 5.22. The first-order chi connectivity index (χ1) is 9.67. The summed E-state index contributed by atoms with van der Waals surface area (Å²) >= 11 is 0. The Morgan fingerprint density at radius 1 is 1.15 bits per heavy atom. The Balaban J connectivity index is 1.76. The molecule has 0 aromatic heterocycles. The molecular weight excluding hydrogens is 252 g/mol. The highest BCUT2D eigenvalue weighted by Crippen LogP contribution is 2.40. The summed E-state index contributed by atoms with van der Waals surface area (Å²) in [6.07, 6.45) is 0.959. The molecule has 0 fully saturated rings. The van der Waals surface area contributed by atoms with Gasteiger partial charge in [-0.05, 0) is 35.9 Å². The highest BCUT2D eigenvalue weighted by Gasteiger charge is 2.31. The standard InChI is InChI=1S/C17H18O3/c1-11-15-10-13(18)5-8-16(15)20-17(11)9-12-3-6-14(19-2)7-4-12/h3-8,10-11,17-18H,9H2,1-2H3/t11-,17-/m0/s1. The average Bonchev–Trinajstić information content (AvgIpc) is 2.76. The van der Waals surface area contributed by atoms with Crippen molar-refractivity contribution in [2.24, 2.45) is 0 Å². The van der Waals surface area contributed by atoms with Gasteiger partial charge in [0.2, 0.25) is 0 Å². The minimum absolute atomic E-state index is 0.111. The van der Waals surface area contributed by atoms with E-state index in [-0.39, 0.29) is 12.0 Å². The monoisotopic (exact) mass is 270 g/mol. The van der Waals surface area contributed by atoms with Gasteiger partial charge in [0.15, 0.2) is 0 Å². The SMILES string of the molecule is COc1ccc(C[C@@H]2Oc3ccc(O)cc3[C@@H]2C)cc1. The van der Waals surface area contributed by atoms with Crippen molar-refractivity contribution in [3.8, 4) is 17.2 Å². The molecule has 0 radical (unpaired) electrons. The molecule has 0 unspecified atom stereocenters. The van der Waals surface area contributed by atoms with Crippen LogP contribution in [-0.2, 0) is 6.42 Å². The van der Waals surface area contributed by atoms with Gasteiger partial charge < -0.3 is 14.6 Å². The van der Waals surface area contributed by atoms with Crippen molar-refractivity contribution in [1.29, 1.82) is 0 Å². The number of phenols is 1. The molecule has 1 aliphatic heterocycles. The summed E-state index contributed by atoms with van der Waals surface area (Å²) in [6, 6.07) is 13.4. The second-order valence-corrected chi connectivity index (χ2v) is 5.22. The van der Waals surface area contributed by atoms with Crippen molar-refractivity contribution in [2.75, 3.05) is 7.11 Å². The van der Waals surface area contributed by atoms with Crippen molar-refractivity contribution in [2.45, 2.75) is 25.4 Å². The number of ether oxygens (including phenoxy) is 2. The topological polar surface area (TPSA) is 38.7 Å². The number of fused-ring (bicyclic) bond motifs is 1. The molecule has 0 amide bonds. The van der Waals surface area contributed by atoms with E-state index in [1.165, 1.54) is 5.56 Å². The largest absolute Gasteiger partial charge is 0.508 e. The Kier molecular flexibility index (Phi) is 3.26. The zero-order valence-corrected chi connectivity index (χ0v) is 11.7. The number of hydrogen-bond donors (Lipinski definition) is 1. The van der Waals surface area contributed by atoms with Crippen LogP contribution in [0.25, 0.3) is 0 Å². The van der Waals surface area contributed by atoms with Gasteiger partial charge in [0.25, 0.3) is 0 Å². The Morgan fingerprint density at radius 3 is 2.60 bits per heavy atom. The Labute approximate surface area is 118 Å². The Hall–Kier alpha value is -2.16. The lowest BCUT2D eigenvalue weighted by Crippen LogP contribution is -2.19. The minimum Gasteiger partial charge on any atom is -0.508 e. The summed E-state index contributed by atoms with van der Waals surface area (Å²) < 4.78 is 11.2. The van der Waals surface area contributed by atoms with E-state index >= 15 is 0 Å². The van der Waals surface area contributed by atoms with Crippen molar-refractivity contribution in [1.82, 2.24) is 0 Å². The van der Waals surface area contributed by atoms with Gasteiger partial charge in [0.05, 0.1) is 7.11 Å². The second kappa shape index (κ2) is 5.08. The lowest BCUT2D eigenvalue weighted by molar-refractivity contribution is 0.211. The van der Waals surface area contributed by atoms with Crippen molar-refractivity contribution in [3.63, 3.8) is 0 Å². The van der Waals surface area contributed by atoms with Gasteiger partial charge in [0, 0.05) is 17.9 Å². The Morgan fingerprint density at radius 2 is 1.90 bits per heavy atom. The molecular formula is C17H18O3. The maximum Gasteiger partial charge on any atom is 0.123 e. The van der Waals surface area contributed by atoms with Crippen molar-refractivity contribution in [3.05, 3.63) is 53.6 Å². The third-order valence-electron chi connectivity index (χ3n) is 3.92. The fourth-order valence-corrected chi connectivity index (χ4v) is 2.68. The first-order valence-corrected chi connectivity index (χ1v) is 6.80. The van der Waals surface area contributed by atoms with Crippen molar-refractivity contribution < 1.29 is 14.6 Å². The van der Waals surface area contributed by atoms with E-state index < -0.39 is 0 Å². The molecule has 3 heteroatoms. The van der Waals surface area contributed by atoms with Crippen LogP contribution in [0.5, 0.6) is 17.2 Å².